The van der Waals surface area contributed by atoms with Crippen LogP contribution in [0.5, 0.6) is 0 Å². The van der Waals surface area contributed by atoms with Crippen LogP contribution >= 0.6 is 0 Å². The standard InChI is InChI=1S/C13H11NO3/c15-12-10-5-1-2-6-11(10)13(16)14(12)8-9-4-3-7-17-9/h1-3,5-7,9H,4,8H2/t9-/m1/s1. The Labute approximate surface area is 98.5 Å². The van der Waals surface area contributed by atoms with E-state index >= 15 is 0 Å². The highest BCUT2D eigenvalue weighted by Crippen LogP contribution is 2.24. The lowest BCUT2D eigenvalue weighted by atomic mass is 10.1. The Kier molecular flexibility index (Phi) is 2.21. The summed E-state index contributed by atoms with van der Waals surface area (Å²) in [6.45, 7) is 0.319. The van der Waals surface area contributed by atoms with Gasteiger partial charge in [0.1, 0.15) is 6.10 Å². The summed E-state index contributed by atoms with van der Waals surface area (Å²) in [6, 6.07) is 6.90. The summed E-state index contributed by atoms with van der Waals surface area (Å²) in [6.07, 6.45) is 4.15. The van der Waals surface area contributed by atoms with Gasteiger partial charge in [-0.3, -0.25) is 14.5 Å². The Morgan fingerprint density at radius 1 is 1.18 bits per heavy atom. The second-order valence-electron chi connectivity index (χ2n) is 4.13. The van der Waals surface area contributed by atoms with E-state index in [-0.39, 0.29) is 17.9 Å². The van der Waals surface area contributed by atoms with Gasteiger partial charge in [0.15, 0.2) is 0 Å². The second-order valence-corrected chi connectivity index (χ2v) is 4.13. The number of hydrogen-bond acceptors (Lipinski definition) is 3. The summed E-state index contributed by atoms with van der Waals surface area (Å²) in [5.41, 5.74) is 0.979. The van der Waals surface area contributed by atoms with Crippen molar-refractivity contribution in [2.24, 2.45) is 0 Å². The largest absolute Gasteiger partial charge is 0.496 e. The maximum absolute atomic E-state index is 12.0. The van der Waals surface area contributed by atoms with E-state index in [0.717, 1.165) is 6.42 Å². The molecule has 2 amide bonds. The number of amides is 2. The topological polar surface area (TPSA) is 46.6 Å². The van der Waals surface area contributed by atoms with E-state index in [2.05, 4.69) is 0 Å². The smallest absolute Gasteiger partial charge is 0.261 e. The maximum Gasteiger partial charge on any atom is 0.261 e. The number of ether oxygens (including phenoxy) is 1. The summed E-state index contributed by atoms with van der Waals surface area (Å²) in [5.74, 6) is -0.442. The SMILES string of the molecule is O=C1c2ccccc2C(=O)N1C[C@H]1CC=CO1. The monoisotopic (exact) mass is 229 g/mol. The van der Waals surface area contributed by atoms with Crippen molar-refractivity contribution in [2.45, 2.75) is 12.5 Å². The van der Waals surface area contributed by atoms with E-state index in [1.54, 1.807) is 30.5 Å². The van der Waals surface area contributed by atoms with Crippen molar-refractivity contribution in [3.05, 3.63) is 47.7 Å². The van der Waals surface area contributed by atoms with Crippen LogP contribution < -0.4 is 0 Å². The molecule has 0 aliphatic carbocycles. The molecule has 1 aromatic rings. The molecule has 0 aromatic heterocycles. The van der Waals surface area contributed by atoms with Crippen LogP contribution in [0.1, 0.15) is 27.1 Å². The van der Waals surface area contributed by atoms with Gasteiger partial charge in [0, 0.05) is 6.42 Å². The van der Waals surface area contributed by atoms with Gasteiger partial charge < -0.3 is 4.74 Å². The number of nitrogens with zero attached hydrogens (tertiary/aromatic N) is 1. The predicted molar refractivity (Wildman–Crippen MR) is 60.4 cm³/mol. The van der Waals surface area contributed by atoms with E-state index < -0.39 is 0 Å². The van der Waals surface area contributed by atoms with Crippen LogP contribution in [0, 0.1) is 0 Å². The van der Waals surface area contributed by atoms with E-state index in [1.807, 2.05) is 6.08 Å². The number of fused-ring (bicyclic) bond motifs is 1. The van der Waals surface area contributed by atoms with E-state index in [4.69, 9.17) is 4.74 Å². The molecule has 1 atom stereocenters. The highest BCUT2D eigenvalue weighted by molar-refractivity contribution is 6.21. The fraction of sp³-hybridized carbons (Fsp3) is 0.231. The van der Waals surface area contributed by atoms with Crippen LogP contribution in [-0.2, 0) is 4.74 Å². The van der Waals surface area contributed by atoms with Gasteiger partial charge in [-0.05, 0) is 18.2 Å². The quantitative estimate of drug-likeness (QED) is 0.723. The third kappa shape index (κ3) is 1.53. The summed E-state index contributed by atoms with van der Waals surface area (Å²) in [5, 5.41) is 0. The molecule has 0 saturated heterocycles. The molecule has 2 aliphatic heterocycles. The van der Waals surface area contributed by atoms with E-state index in [0.29, 0.717) is 17.7 Å². The lowest BCUT2D eigenvalue weighted by Crippen LogP contribution is -2.36. The normalized spacial score (nSPS) is 21.9. The number of imide groups is 1. The summed E-state index contributed by atoms with van der Waals surface area (Å²) in [7, 11) is 0. The van der Waals surface area contributed by atoms with Crippen LogP contribution in [0.4, 0.5) is 0 Å². The molecule has 0 radical (unpaired) electrons. The van der Waals surface area contributed by atoms with Crippen molar-refractivity contribution in [1.82, 2.24) is 4.90 Å². The number of benzene rings is 1. The summed E-state index contributed by atoms with van der Waals surface area (Å²) < 4.78 is 5.28. The van der Waals surface area contributed by atoms with Crippen LogP contribution in [0.3, 0.4) is 0 Å². The van der Waals surface area contributed by atoms with Gasteiger partial charge >= 0.3 is 0 Å². The van der Waals surface area contributed by atoms with Gasteiger partial charge in [0.25, 0.3) is 11.8 Å². The molecule has 0 bridgehead atoms. The molecule has 0 unspecified atom stereocenters. The van der Waals surface area contributed by atoms with Crippen molar-refractivity contribution in [2.75, 3.05) is 6.54 Å². The van der Waals surface area contributed by atoms with Crippen LogP contribution in [-0.4, -0.2) is 29.4 Å². The van der Waals surface area contributed by atoms with Gasteiger partial charge in [0.05, 0.1) is 23.9 Å². The zero-order chi connectivity index (χ0) is 11.8. The third-order valence-corrected chi connectivity index (χ3v) is 3.03. The number of hydrogen-bond donors (Lipinski definition) is 0. The Balaban J connectivity index is 1.85. The Bertz CT molecular complexity index is 478. The van der Waals surface area contributed by atoms with Crippen LogP contribution in [0.15, 0.2) is 36.6 Å². The van der Waals surface area contributed by atoms with Crippen molar-refractivity contribution < 1.29 is 14.3 Å². The maximum atomic E-state index is 12.0. The molecule has 0 saturated carbocycles. The molecule has 0 fully saturated rings. The lowest BCUT2D eigenvalue weighted by Gasteiger charge is -2.18. The molecule has 3 rings (SSSR count). The second kappa shape index (κ2) is 3.73. The van der Waals surface area contributed by atoms with E-state index in [1.165, 1.54) is 4.90 Å². The molecule has 4 heteroatoms. The molecular weight excluding hydrogens is 218 g/mol. The molecule has 0 spiro atoms. The molecule has 86 valence electrons. The Morgan fingerprint density at radius 2 is 1.82 bits per heavy atom. The average molecular weight is 229 g/mol. The fourth-order valence-electron chi connectivity index (χ4n) is 2.16. The third-order valence-electron chi connectivity index (χ3n) is 3.03. The minimum atomic E-state index is -0.221. The first-order valence-electron chi connectivity index (χ1n) is 5.53. The van der Waals surface area contributed by atoms with Gasteiger partial charge in [-0.25, -0.2) is 0 Å². The predicted octanol–water partition coefficient (Wildman–Crippen LogP) is 1.59. The summed E-state index contributed by atoms with van der Waals surface area (Å²) in [4.78, 5) is 25.3. The Hall–Kier alpha value is -2.10. The summed E-state index contributed by atoms with van der Waals surface area (Å²) >= 11 is 0. The van der Waals surface area contributed by atoms with Crippen molar-refractivity contribution in [3.63, 3.8) is 0 Å². The van der Waals surface area contributed by atoms with Crippen LogP contribution in [0.25, 0.3) is 0 Å². The lowest BCUT2D eigenvalue weighted by molar-refractivity contribution is 0.0549. The highest BCUT2D eigenvalue weighted by Gasteiger charge is 2.36. The molecule has 0 N–H and O–H groups in total. The molecular formula is C13H11NO3. The van der Waals surface area contributed by atoms with Crippen molar-refractivity contribution in [3.8, 4) is 0 Å². The van der Waals surface area contributed by atoms with Crippen molar-refractivity contribution in [1.29, 1.82) is 0 Å². The fourth-order valence-corrected chi connectivity index (χ4v) is 2.16. The Morgan fingerprint density at radius 3 is 2.35 bits per heavy atom. The zero-order valence-electron chi connectivity index (χ0n) is 9.13. The minimum Gasteiger partial charge on any atom is -0.496 e. The number of carbonyl (C=O) groups excluding carboxylic acids is 2. The highest BCUT2D eigenvalue weighted by atomic mass is 16.5. The molecule has 17 heavy (non-hydrogen) atoms. The number of carbonyl (C=O) groups is 2. The molecule has 1 aromatic carbocycles. The van der Waals surface area contributed by atoms with Gasteiger partial charge in [0.2, 0.25) is 0 Å². The molecule has 2 heterocycles. The molecule has 2 aliphatic rings. The van der Waals surface area contributed by atoms with Gasteiger partial charge in [-0.2, -0.15) is 0 Å². The average Bonchev–Trinajstić information content (AvgIpc) is 2.94. The van der Waals surface area contributed by atoms with Gasteiger partial charge in [-0.1, -0.05) is 12.1 Å². The van der Waals surface area contributed by atoms with E-state index in [9.17, 15) is 9.59 Å². The first-order chi connectivity index (χ1) is 8.27. The zero-order valence-corrected chi connectivity index (χ0v) is 9.13. The minimum absolute atomic E-state index is 0.0998. The van der Waals surface area contributed by atoms with Gasteiger partial charge in [-0.15, -0.1) is 0 Å². The van der Waals surface area contributed by atoms with Crippen molar-refractivity contribution >= 4 is 11.8 Å². The first kappa shape index (κ1) is 10.1. The first-order valence-corrected chi connectivity index (χ1v) is 5.53. The number of rotatable bonds is 2. The molecule has 4 nitrogen and oxygen atoms in total. The van der Waals surface area contributed by atoms with Crippen LogP contribution in [0.2, 0.25) is 0 Å².